The number of aryl methyl sites for hydroxylation is 1. The molecule has 0 radical (unpaired) electrons. The number of halogens is 1. The zero-order chi connectivity index (χ0) is 12.3. The van der Waals surface area contributed by atoms with Crippen molar-refractivity contribution < 1.29 is 0 Å². The van der Waals surface area contributed by atoms with Crippen LogP contribution in [0.15, 0.2) is 28.7 Å². The topological polar surface area (TPSA) is 40.7 Å². The summed E-state index contributed by atoms with van der Waals surface area (Å²) in [4.78, 5) is 7.92. The first-order chi connectivity index (χ1) is 8.20. The third-order valence-corrected chi connectivity index (χ3v) is 3.12. The zero-order valence-electron chi connectivity index (χ0n) is 10.0. The van der Waals surface area contributed by atoms with Crippen molar-refractivity contribution in [2.24, 2.45) is 0 Å². The molecule has 0 aliphatic rings. The molecule has 17 heavy (non-hydrogen) atoms. The Bertz CT molecular complexity index is 488. The lowest BCUT2D eigenvalue weighted by Crippen LogP contribution is -2.12. The van der Waals surface area contributed by atoms with E-state index in [0.29, 0.717) is 0 Å². The molecular formula is C13H16BrN3. The molecule has 0 atom stereocenters. The van der Waals surface area contributed by atoms with Crippen LogP contribution in [0.4, 0.5) is 0 Å². The van der Waals surface area contributed by atoms with Gasteiger partial charge in [0, 0.05) is 15.7 Å². The summed E-state index contributed by atoms with van der Waals surface area (Å²) in [6.07, 6.45) is 0. The van der Waals surface area contributed by atoms with Crippen LogP contribution in [0.25, 0.3) is 11.3 Å². The van der Waals surface area contributed by atoms with Crippen LogP contribution in [-0.2, 0) is 6.54 Å². The van der Waals surface area contributed by atoms with Gasteiger partial charge in [-0.3, -0.25) is 0 Å². The Labute approximate surface area is 110 Å². The van der Waals surface area contributed by atoms with Crippen molar-refractivity contribution in [3.63, 3.8) is 0 Å². The normalized spacial score (nSPS) is 10.8. The Morgan fingerprint density at radius 1 is 1.29 bits per heavy atom. The van der Waals surface area contributed by atoms with Gasteiger partial charge in [0.05, 0.1) is 12.2 Å². The van der Waals surface area contributed by atoms with Crippen LogP contribution in [0.5, 0.6) is 0 Å². The molecule has 0 bridgehead atoms. The second-order valence-electron chi connectivity index (χ2n) is 3.94. The zero-order valence-corrected chi connectivity index (χ0v) is 11.6. The van der Waals surface area contributed by atoms with Crippen LogP contribution in [0.1, 0.15) is 18.4 Å². The number of aromatic amines is 1. The molecule has 1 aromatic heterocycles. The van der Waals surface area contributed by atoms with Gasteiger partial charge >= 0.3 is 0 Å². The van der Waals surface area contributed by atoms with Crippen LogP contribution in [-0.4, -0.2) is 16.5 Å². The number of hydrogen-bond donors (Lipinski definition) is 2. The molecule has 0 unspecified atom stereocenters. The van der Waals surface area contributed by atoms with Gasteiger partial charge in [-0.15, -0.1) is 0 Å². The van der Waals surface area contributed by atoms with Gasteiger partial charge < -0.3 is 10.3 Å². The highest BCUT2D eigenvalue weighted by molar-refractivity contribution is 9.10. The van der Waals surface area contributed by atoms with E-state index in [9.17, 15) is 0 Å². The average molecular weight is 294 g/mol. The van der Waals surface area contributed by atoms with E-state index in [4.69, 9.17) is 0 Å². The molecule has 0 aliphatic carbocycles. The molecule has 0 amide bonds. The van der Waals surface area contributed by atoms with E-state index in [1.54, 1.807) is 0 Å². The molecule has 3 nitrogen and oxygen atoms in total. The van der Waals surface area contributed by atoms with Gasteiger partial charge in [-0.1, -0.05) is 35.0 Å². The number of imidazole rings is 1. The molecule has 0 saturated carbocycles. The molecular weight excluding hydrogens is 278 g/mol. The van der Waals surface area contributed by atoms with Gasteiger partial charge in [0.25, 0.3) is 0 Å². The summed E-state index contributed by atoms with van der Waals surface area (Å²) in [6.45, 7) is 5.88. The molecule has 0 fully saturated rings. The Hall–Kier alpha value is -1.13. The maximum absolute atomic E-state index is 4.61. The monoisotopic (exact) mass is 293 g/mol. The second-order valence-corrected chi connectivity index (χ2v) is 4.86. The number of nitrogens with zero attached hydrogens (tertiary/aromatic N) is 1. The van der Waals surface area contributed by atoms with Crippen LogP contribution in [0.3, 0.4) is 0 Å². The standard InChI is InChI=1S/C13H16BrN3/c1-3-15-8-12-16-9(2)13(17-12)10-4-6-11(14)7-5-10/h4-7,15H,3,8H2,1-2H3,(H,16,17). The molecule has 2 aromatic rings. The smallest absolute Gasteiger partial charge is 0.121 e. The SMILES string of the molecule is CCNCc1nc(-c2ccc(Br)cc2)c(C)[nH]1. The van der Waals surface area contributed by atoms with Gasteiger partial charge in [0.15, 0.2) is 0 Å². The summed E-state index contributed by atoms with van der Waals surface area (Å²) in [7, 11) is 0. The Kier molecular flexibility index (Phi) is 3.97. The molecule has 1 aromatic carbocycles. The molecule has 0 aliphatic heterocycles. The number of hydrogen-bond acceptors (Lipinski definition) is 2. The number of aromatic nitrogens is 2. The van der Waals surface area contributed by atoms with Crippen LogP contribution in [0, 0.1) is 6.92 Å². The van der Waals surface area contributed by atoms with E-state index in [0.717, 1.165) is 40.3 Å². The Balaban J connectivity index is 2.26. The van der Waals surface area contributed by atoms with Gasteiger partial charge in [-0.05, 0) is 25.6 Å². The lowest BCUT2D eigenvalue weighted by molar-refractivity contribution is 0.697. The van der Waals surface area contributed by atoms with E-state index >= 15 is 0 Å². The molecule has 2 N–H and O–H groups in total. The highest BCUT2D eigenvalue weighted by Gasteiger charge is 2.08. The van der Waals surface area contributed by atoms with Crippen LogP contribution < -0.4 is 5.32 Å². The van der Waals surface area contributed by atoms with Gasteiger partial charge in [0.1, 0.15) is 5.82 Å². The van der Waals surface area contributed by atoms with Crippen molar-refractivity contribution in [2.45, 2.75) is 20.4 Å². The van der Waals surface area contributed by atoms with Crippen molar-refractivity contribution in [1.82, 2.24) is 15.3 Å². The van der Waals surface area contributed by atoms with Crippen molar-refractivity contribution in [2.75, 3.05) is 6.54 Å². The summed E-state index contributed by atoms with van der Waals surface area (Å²) in [6, 6.07) is 8.22. The van der Waals surface area contributed by atoms with E-state index < -0.39 is 0 Å². The molecule has 0 saturated heterocycles. The molecule has 4 heteroatoms. The number of rotatable bonds is 4. The van der Waals surface area contributed by atoms with Crippen molar-refractivity contribution >= 4 is 15.9 Å². The van der Waals surface area contributed by atoms with Gasteiger partial charge in [0.2, 0.25) is 0 Å². The summed E-state index contributed by atoms with van der Waals surface area (Å²) in [5, 5.41) is 3.26. The largest absolute Gasteiger partial charge is 0.344 e. The maximum Gasteiger partial charge on any atom is 0.121 e. The minimum absolute atomic E-state index is 0.786. The highest BCUT2D eigenvalue weighted by atomic mass is 79.9. The number of H-pyrrole nitrogens is 1. The quantitative estimate of drug-likeness (QED) is 0.908. The Morgan fingerprint density at radius 2 is 2.00 bits per heavy atom. The summed E-state index contributed by atoms with van der Waals surface area (Å²) < 4.78 is 1.09. The van der Waals surface area contributed by atoms with Crippen molar-refractivity contribution in [3.05, 3.63) is 40.3 Å². The number of nitrogens with one attached hydrogen (secondary N) is 2. The van der Waals surface area contributed by atoms with Crippen LogP contribution >= 0.6 is 15.9 Å². The first-order valence-electron chi connectivity index (χ1n) is 5.73. The van der Waals surface area contributed by atoms with E-state index in [1.807, 2.05) is 12.1 Å². The third kappa shape index (κ3) is 2.96. The summed E-state index contributed by atoms with van der Waals surface area (Å²) in [5.41, 5.74) is 3.29. The average Bonchev–Trinajstić information content (AvgIpc) is 2.69. The lowest BCUT2D eigenvalue weighted by atomic mass is 10.1. The molecule has 0 spiro atoms. The van der Waals surface area contributed by atoms with E-state index in [-0.39, 0.29) is 0 Å². The fraction of sp³-hybridized carbons (Fsp3) is 0.308. The third-order valence-electron chi connectivity index (χ3n) is 2.59. The predicted octanol–water partition coefficient (Wildman–Crippen LogP) is 3.26. The van der Waals surface area contributed by atoms with E-state index in [1.165, 1.54) is 0 Å². The number of benzene rings is 1. The minimum Gasteiger partial charge on any atom is -0.344 e. The predicted molar refractivity (Wildman–Crippen MR) is 73.8 cm³/mol. The van der Waals surface area contributed by atoms with Gasteiger partial charge in [-0.25, -0.2) is 4.98 Å². The minimum atomic E-state index is 0.786. The fourth-order valence-electron chi connectivity index (χ4n) is 1.74. The van der Waals surface area contributed by atoms with E-state index in [2.05, 4.69) is 57.2 Å². The fourth-order valence-corrected chi connectivity index (χ4v) is 2.00. The first-order valence-corrected chi connectivity index (χ1v) is 6.52. The van der Waals surface area contributed by atoms with Gasteiger partial charge in [-0.2, -0.15) is 0 Å². The maximum atomic E-state index is 4.61. The van der Waals surface area contributed by atoms with Crippen LogP contribution in [0.2, 0.25) is 0 Å². The Morgan fingerprint density at radius 3 is 2.65 bits per heavy atom. The molecule has 2 rings (SSSR count). The molecule has 90 valence electrons. The first kappa shape index (κ1) is 12.3. The lowest BCUT2D eigenvalue weighted by Gasteiger charge is -1.98. The summed E-state index contributed by atoms with van der Waals surface area (Å²) >= 11 is 3.44. The van der Waals surface area contributed by atoms with Crippen molar-refractivity contribution in [3.8, 4) is 11.3 Å². The highest BCUT2D eigenvalue weighted by Crippen LogP contribution is 2.23. The second kappa shape index (κ2) is 5.47. The summed E-state index contributed by atoms with van der Waals surface area (Å²) in [5.74, 6) is 0.988. The van der Waals surface area contributed by atoms with Crippen molar-refractivity contribution in [1.29, 1.82) is 0 Å². The molecule has 1 heterocycles.